The predicted octanol–water partition coefficient (Wildman–Crippen LogP) is 2.17. The second kappa shape index (κ2) is 5.31. The molecule has 6 heteroatoms. The Labute approximate surface area is 109 Å². The van der Waals surface area contributed by atoms with E-state index in [0.29, 0.717) is 17.1 Å². The van der Waals surface area contributed by atoms with Gasteiger partial charge in [-0.1, -0.05) is 0 Å². The maximum absolute atomic E-state index is 14.0. The molecule has 0 amide bonds. The van der Waals surface area contributed by atoms with Crippen LogP contribution in [0, 0.1) is 17.1 Å². The van der Waals surface area contributed by atoms with Crippen LogP contribution >= 0.6 is 0 Å². The van der Waals surface area contributed by atoms with Crippen LogP contribution in [-0.2, 0) is 0 Å². The molecule has 1 heterocycles. The molecule has 2 rings (SSSR count). The number of ether oxygens (including phenoxy) is 2. The summed E-state index contributed by atoms with van der Waals surface area (Å²) in [5.41, 5.74) is 0.183. The minimum Gasteiger partial charge on any atom is -0.497 e. The molecule has 96 valence electrons. The van der Waals surface area contributed by atoms with Gasteiger partial charge in [-0.15, -0.1) is 0 Å². The summed E-state index contributed by atoms with van der Waals surface area (Å²) in [7, 11) is 2.99. The molecule has 2 aromatic rings. The van der Waals surface area contributed by atoms with Crippen LogP contribution in [0.25, 0.3) is 11.3 Å². The van der Waals surface area contributed by atoms with Crippen molar-refractivity contribution in [3.8, 4) is 28.8 Å². The molecule has 0 bridgehead atoms. The second-order valence-corrected chi connectivity index (χ2v) is 3.60. The standard InChI is InChI=1S/C13H10FN3O2/c1-18-9-3-8(4-10(5-9)19-2)13-12(14)11(6-15)16-7-17-13/h3-5,7H,1-2H3. The van der Waals surface area contributed by atoms with Gasteiger partial charge in [0, 0.05) is 11.6 Å². The van der Waals surface area contributed by atoms with E-state index >= 15 is 0 Å². The van der Waals surface area contributed by atoms with E-state index in [1.165, 1.54) is 14.2 Å². The van der Waals surface area contributed by atoms with Crippen LogP contribution in [0.3, 0.4) is 0 Å². The molecule has 1 aromatic heterocycles. The van der Waals surface area contributed by atoms with Crippen LogP contribution in [-0.4, -0.2) is 24.2 Å². The average Bonchev–Trinajstić information content (AvgIpc) is 2.46. The number of hydrogen-bond acceptors (Lipinski definition) is 5. The smallest absolute Gasteiger partial charge is 0.185 e. The lowest BCUT2D eigenvalue weighted by Crippen LogP contribution is -1.97. The summed E-state index contributed by atoms with van der Waals surface area (Å²) in [5, 5.41) is 8.76. The highest BCUT2D eigenvalue weighted by Gasteiger charge is 2.14. The van der Waals surface area contributed by atoms with E-state index in [4.69, 9.17) is 14.7 Å². The molecule has 1 aromatic carbocycles. The van der Waals surface area contributed by atoms with E-state index in [2.05, 4.69) is 9.97 Å². The van der Waals surface area contributed by atoms with Crippen LogP contribution in [0.1, 0.15) is 5.69 Å². The topological polar surface area (TPSA) is 68.0 Å². The molecule has 0 unspecified atom stereocenters. The molecule has 0 radical (unpaired) electrons. The Morgan fingerprint density at radius 1 is 1.11 bits per heavy atom. The quantitative estimate of drug-likeness (QED) is 0.845. The maximum Gasteiger partial charge on any atom is 0.185 e. The van der Waals surface area contributed by atoms with Gasteiger partial charge in [0.05, 0.1) is 14.2 Å². The number of nitrogens with zero attached hydrogens (tertiary/aromatic N) is 3. The lowest BCUT2D eigenvalue weighted by molar-refractivity contribution is 0.394. The van der Waals surface area contributed by atoms with E-state index in [1.54, 1.807) is 24.3 Å². The molecule has 19 heavy (non-hydrogen) atoms. The molecular weight excluding hydrogens is 249 g/mol. The van der Waals surface area contributed by atoms with E-state index < -0.39 is 5.82 Å². The molecule has 0 atom stereocenters. The summed E-state index contributed by atoms with van der Waals surface area (Å²) in [5.74, 6) is 0.247. The first-order chi connectivity index (χ1) is 9.19. The zero-order chi connectivity index (χ0) is 13.8. The Hall–Kier alpha value is -2.68. The van der Waals surface area contributed by atoms with Crippen molar-refractivity contribution in [3.63, 3.8) is 0 Å². The first-order valence-electron chi connectivity index (χ1n) is 5.33. The van der Waals surface area contributed by atoms with Crippen molar-refractivity contribution in [3.05, 3.63) is 36.0 Å². The van der Waals surface area contributed by atoms with Crippen molar-refractivity contribution in [1.29, 1.82) is 5.26 Å². The van der Waals surface area contributed by atoms with Gasteiger partial charge in [-0.25, -0.2) is 14.4 Å². The first-order valence-corrected chi connectivity index (χ1v) is 5.33. The minimum atomic E-state index is -0.764. The molecular formula is C13H10FN3O2. The lowest BCUT2D eigenvalue weighted by Gasteiger charge is -2.08. The van der Waals surface area contributed by atoms with Gasteiger partial charge in [-0.2, -0.15) is 5.26 Å². The maximum atomic E-state index is 14.0. The normalized spacial score (nSPS) is 9.79. The Balaban J connectivity index is 2.62. The molecule has 5 nitrogen and oxygen atoms in total. The summed E-state index contributed by atoms with van der Waals surface area (Å²) in [6, 6.07) is 6.55. The SMILES string of the molecule is COc1cc(OC)cc(-c2ncnc(C#N)c2F)c1. The van der Waals surface area contributed by atoms with Gasteiger partial charge in [0.15, 0.2) is 11.5 Å². The molecule has 0 saturated heterocycles. The van der Waals surface area contributed by atoms with Crippen molar-refractivity contribution in [1.82, 2.24) is 9.97 Å². The number of halogens is 1. The highest BCUT2D eigenvalue weighted by atomic mass is 19.1. The summed E-state index contributed by atoms with van der Waals surface area (Å²) in [6.45, 7) is 0. The molecule has 0 spiro atoms. The van der Waals surface area contributed by atoms with E-state index in [-0.39, 0.29) is 11.4 Å². The number of nitriles is 1. The fraction of sp³-hybridized carbons (Fsp3) is 0.154. The molecule has 0 fully saturated rings. The molecule has 0 N–H and O–H groups in total. The van der Waals surface area contributed by atoms with Crippen molar-refractivity contribution in [2.24, 2.45) is 0 Å². The Morgan fingerprint density at radius 2 is 1.74 bits per heavy atom. The van der Waals surface area contributed by atoms with Crippen LogP contribution in [0.15, 0.2) is 24.5 Å². The summed E-state index contributed by atoms with van der Waals surface area (Å²) in [6.07, 6.45) is 1.14. The fourth-order valence-electron chi connectivity index (χ4n) is 1.59. The number of aromatic nitrogens is 2. The zero-order valence-electron chi connectivity index (χ0n) is 10.3. The Bertz CT molecular complexity index is 631. The van der Waals surface area contributed by atoms with Crippen molar-refractivity contribution in [2.75, 3.05) is 14.2 Å². The highest BCUT2D eigenvalue weighted by Crippen LogP contribution is 2.30. The van der Waals surface area contributed by atoms with Crippen LogP contribution in [0.4, 0.5) is 4.39 Å². The third kappa shape index (κ3) is 2.45. The van der Waals surface area contributed by atoms with Gasteiger partial charge >= 0.3 is 0 Å². The fourth-order valence-corrected chi connectivity index (χ4v) is 1.59. The third-order valence-electron chi connectivity index (χ3n) is 2.52. The molecule has 0 saturated carbocycles. The van der Waals surface area contributed by atoms with Gasteiger partial charge in [-0.3, -0.25) is 0 Å². The van der Waals surface area contributed by atoms with Crippen LogP contribution < -0.4 is 9.47 Å². The van der Waals surface area contributed by atoms with Crippen molar-refractivity contribution < 1.29 is 13.9 Å². The molecule has 0 aliphatic heterocycles. The minimum absolute atomic E-state index is 0.0312. The summed E-state index contributed by atoms with van der Waals surface area (Å²) < 4.78 is 24.2. The third-order valence-corrected chi connectivity index (χ3v) is 2.52. The number of methoxy groups -OCH3 is 2. The number of rotatable bonds is 3. The van der Waals surface area contributed by atoms with Gasteiger partial charge in [0.1, 0.15) is 29.6 Å². The highest BCUT2D eigenvalue weighted by molar-refractivity contribution is 5.65. The number of benzene rings is 1. The van der Waals surface area contributed by atoms with E-state index in [1.807, 2.05) is 0 Å². The lowest BCUT2D eigenvalue weighted by atomic mass is 10.1. The largest absolute Gasteiger partial charge is 0.497 e. The predicted molar refractivity (Wildman–Crippen MR) is 65.2 cm³/mol. The monoisotopic (exact) mass is 259 g/mol. The molecule has 0 aliphatic rings. The summed E-state index contributed by atoms with van der Waals surface area (Å²) in [4.78, 5) is 7.42. The summed E-state index contributed by atoms with van der Waals surface area (Å²) >= 11 is 0. The van der Waals surface area contributed by atoms with E-state index in [0.717, 1.165) is 6.33 Å². The molecule has 0 aliphatic carbocycles. The zero-order valence-corrected chi connectivity index (χ0v) is 10.3. The van der Waals surface area contributed by atoms with Gasteiger partial charge in [0.2, 0.25) is 0 Å². The first kappa shape index (κ1) is 12.8. The van der Waals surface area contributed by atoms with Crippen LogP contribution in [0.2, 0.25) is 0 Å². The Kier molecular flexibility index (Phi) is 3.57. The Morgan fingerprint density at radius 3 is 2.26 bits per heavy atom. The van der Waals surface area contributed by atoms with Gasteiger partial charge in [-0.05, 0) is 12.1 Å². The van der Waals surface area contributed by atoms with Gasteiger partial charge < -0.3 is 9.47 Å². The average molecular weight is 259 g/mol. The van der Waals surface area contributed by atoms with E-state index in [9.17, 15) is 4.39 Å². The van der Waals surface area contributed by atoms with Crippen molar-refractivity contribution >= 4 is 0 Å². The second-order valence-electron chi connectivity index (χ2n) is 3.60. The number of hydrogen-bond donors (Lipinski definition) is 0. The van der Waals surface area contributed by atoms with Gasteiger partial charge in [0.25, 0.3) is 0 Å². The van der Waals surface area contributed by atoms with Crippen molar-refractivity contribution in [2.45, 2.75) is 0 Å². The van der Waals surface area contributed by atoms with Crippen LogP contribution in [0.5, 0.6) is 11.5 Å².